The van der Waals surface area contributed by atoms with Crippen LogP contribution in [0.2, 0.25) is 0 Å². The second-order valence-corrected chi connectivity index (χ2v) is 5.77. The Kier molecular flexibility index (Phi) is 5.06. The fourth-order valence-electron chi connectivity index (χ4n) is 2.02. The molecule has 1 N–H and O–H groups in total. The largest absolute Gasteiger partial charge is 0.416 e. The highest BCUT2D eigenvalue weighted by atomic mass is 79.9. The van der Waals surface area contributed by atoms with Gasteiger partial charge in [0.25, 0.3) is 0 Å². The van der Waals surface area contributed by atoms with Crippen LogP contribution in [-0.2, 0) is 12.7 Å². The Bertz CT molecular complexity index is 610. The number of halogens is 4. The molecule has 2 aromatic carbocycles. The van der Waals surface area contributed by atoms with Crippen LogP contribution in [0.1, 0.15) is 29.7 Å². The first-order chi connectivity index (χ1) is 9.86. The van der Waals surface area contributed by atoms with Gasteiger partial charge in [0.05, 0.1) is 5.56 Å². The van der Waals surface area contributed by atoms with Crippen LogP contribution in [0.5, 0.6) is 0 Å². The first-order valence-corrected chi connectivity index (χ1v) is 7.30. The minimum Gasteiger partial charge on any atom is -0.306 e. The average Bonchev–Trinajstić information content (AvgIpc) is 2.44. The van der Waals surface area contributed by atoms with E-state index in [-0.39, 0.29) is 6.04 Å². The molecule has 0 bridgehead atoms. The fourth-order valence-corrected chi connectivity index (χ4v) is 2.44. The third-order valence-corrected chi connectivity index (χ3v) is 3.71. The van der Waals surface area contributed by atoms with Gasteiger partial charge in [0, 0.05) is 17.1 Å². The summed E-state index contributed by atoms with van der Waals surface area (Å²) in [7, 11) is 0. The van der Waals surface area contributed by atoms with Gasteiger partial charge in [-0.05, 0) is 36.2 Å². The Hall–Kier alpha value is -1.33. The molecule has 2 aromatic rings. The molecule has 0 fully saturated rings. The lowest BCUT2D eigenvalue weighted by atomic mass is 10.1. The summed E-state index contributed by atoms with van der Waals surface area (Å²) in [6, 6.07) is 13.3. The van der Waals surface area contributed by atoms with Gasteiger partial charge in [-0.1, -0.05) is 46.3 Å². The summed E-state index contributed by atoms with van der Waals surface area (Å²) in [5.74, 6) is 0. The van der Waals surface area contributed by atoms with Gasteiger partial charge in [-0.25, -0.2) is 0 Å². The van der Waals surface area contributed by atoms with E-state index in [0.717, 1.165) is 16.1 Å². The van der Waals surface area contributed by atoms with Crippen molar-refractivity contribution in [3.63, 3.8) is 0 Å². The van der Waals surface area contributed by atoms with Crippen molar-refractivity contribution in [1.29, 1.82) is 0 Å². The van der Waals surface area contributed by atoms with Gasteiger partial charge in [-0.15, -0.1) is 0 Å². The van der Waals surface area contributed by atoms with Crippen molar-refractivity contribution in [3.8, 4) is 0 Å². The lowest BCUT2D eigenvalue weighted by molar-refractivity contribution is -0.137. The van der Waals surface area contributed by atoms with E-state index in [0.29, 0.717) is 12.1 Å². The van der Waals surface area contributed by atoms with Gasteiger partial charge in [-0.3, -0.25) is 0 Å². The minimum atomic E-state index is -4.30. The number of hydrogen-bond acceptors (Lipinski definition) is 1. The fraction of sp³-hybridized carbons (Fsp3) is 0.250. The summed E-state index contributed by atoms with van der Waals surface area (Å²) in [5, 5.41) is 3.23. The predicted octanol–water partition coefficient (Wildman–Crippen LogP) is 5.32. The van der Waals surface area contributed by atoms with Gasteiger partial charge in [0.15, 0.2) is 0 Å². The van der Waals surface area contributed by atoms with Crippen molar-refractivity contribution >= 4 is 15.9 Å². The molecule has 5 heteroatoms. The minimum absolute atomic E-state index is 0.0528. The van der Waals surface area contributed by atoms with Crippen molar-refractivity contribution in [3.05, 3.63) is 69.7 Å². The maximum absolute atomic E-state index is 12.7. The molecule has 0 aliphatic rings. The van der Waals surface area contributed by atoms with Crippen LogP contribution in [0.25, 0.3) is 0 Å². The van der Waals surface area contributed by atoms with E-state index in [2.05, 4.69) is 21.2 Å². The van der Waals surface area contributed by atoms with Gasteiger partial charge < -0.3 is 5.32 Å². The first kappa shape index (κ1) is 16.0. The predicted molar refractivity (Wildman–Crippen MR) is 80.8 cm³/mol. The number of rotatable bonds is 4. The average molecular weight is 358 g/mol. The summed E-state index contributed by atoms with van der Waals surface area (Å²) < 4.78 is 38.9. The Labute approximate surface area is 130 Å². The van der Waals surface area contributed by atoms with E-state index in [9.17, 15) is 13.2 Å². The zero-order chi connectivity index (χ0) is 15.5. The van der Waals surface area contributed by atoms with Crippen molar-refractivity contribution < 1.29 is 13.2 Å². The normalized spacial score (nSPS) is 13.2. The Morgan fingerprint density at radius 1 is 1.10 bits per heavy atom. The van der Waals surface area contributed by atoms with Crippen LogP contribution in [-0.4, -0.2) is 0 Å². The summed E-state index contributed by atoms with van der Waals surface area (Å²) in [5.41, 5.74) is 1.08. The van der Waals surface area contributed by atoms with E-state index in [1.54, 1.807) is 6.07 Å². The maximum Gasteiger partial charge on any atom is 0.416 e. The highest BCUT2D eigenvalue weighted by Crippen LogP contribution is 2.29. The summed E-state index contributed by atoms with van der Waals surface area (Å²) >= 11 is 3.41. The first-order valence-electron chi connectivity index (χ1n) is 6.51. The molecular formula is C16H15BrF3N. The van der Waals surface area contributed by atoms with Crippen molar-refractivity contribution in [2.45, 2.75) is 25.7 Å². The van der Waals surface area contributed by atoms with Crippen LogP contribution in [0.4, 0.5) is 13.2 Å². The molecule has 21 heavy (non-hydrogen) atoms. The second kappa shape index (κ2) is 6.62. The molecule has 2 rings (SSSR count). The van der Waals surface area contributed by atoms with Crippen LogP contribution < -0.4 is 5.32 Å². The van der Waals surface area contributed by atoms with Crippen LogP contribution in [0.15, 0.2) is 53.0 Å². The molecule has 0 aromatic heterocycles. The van der Waals surface area contributed by atoms with Crippen LogP contribution in [0, 0.1) is 0 Å². The van der Waals surface area contributed by atoms with E-state index in [4.69, 9.17) is 0 Å². The lowest BCUT2D eigenvalue weighted by Crippen LogP contribution is -2.18. The molecule has 0 spiro atoms. The standard InChI is InChI=1S/C16H15BrF3N/c1-11(13-5-3-7-15(17)9-13)21-10-12-4-2-6-14(8-12)16(18,19)20/h2-9,11,21H,10H2,1H3/t11-/m0/s1. The number of alkyl halides is 3. The van der Waals surface area contributed by atoms with Gasteiger partial charge in [0.2, 0.25) is 0 Å². The second-order valence-electron chi connectivity index (χ2n) is 4.86. The zero-order valence-corrected chi connectivity index (χ0v) is 13.0. The van der Waals surface area contributed by atoms with E-state index < -0.39 is 11.7 Å². The van der Waals surface area contributed by atoms with Gasteiger partial charge >= 0.3 is 6.18 Å². The van der Waals surface area contributed by atoms with Crippen LogP contribution in [0.3, 0.4) is 0 Å². The molecule has 0 heterocycles. The van der Waals surface area contributed by atoms with Crippen molar-refractivity contribution in [2.75, 3.05) is 0 Å². The van der Waals surface area contributed by atoms with Crippen LogP contribution >= 0.6 is 15.9 Å². The molecule has 0 unspecified atom stereocenters. The molecule has 0 radical (unpaired) electrons. The maximum atomic E-state index is 12.7. The molecule has 0 aliphatic heterocycles. The highest BCUT2D eigenvalue weighted by Gasteiger charge is 2.30. The van der Waals surface area contributed by atoms with E-state index in [1.807, 2.05) is 31.2 Å². The lowest BCUT2D eigenvalue weighted by Gasteiger charge is -2.15. The summed E-state index contributed by atoms with van der Waals surface area (Å²) in [6.07, 6.45) is -4.30. The number of benzene rings is 2. The number of nitrogens with one attached hydrogen (secondary N) is 1. The Morgan fingerprint density at radius 3 is 2.48 bits per heavy atom. The third kappa shape index (κ3) is 4.58. The Morgan fingerprint density at radius 2 is 1.81 bits per heavy atom. The van der Waals surface area contributed by atoms with E-state index >= 15 is 0 Å². The molecule has 0 saturated carbocycles. The highest BCUT2D eigenvalue weighted by molar-refractivity contribution is 9.10. The SMILES string of the molecule is C[C@H](NCc1cccc(C(F)(F)F)c1)c1cccc(Br)c1. The summed E-state index contributed by atoms with van der Waals surface area (Å²) in [4.78, 5) is 0. The van der Waals surface area contributed by atoms with Crippen molar-refractivity contribution in [1.82, 2.24) is 5.32 Å². The monoisotopic (exact) mass is 357 g/mol. The molecule has 1 nitrogen and oxygen atoms in total. The summed E-state index contributed by atoms with van der Waals surface area (Å²) in [6.45, 7) is 2.37. The van der Waals surface area contributed by atoms with E-state index in [1.165, 1.54) is 12.1 Å². The topological polar surface area (TPSA) is 12.0 Å². The molecule has 112 valence electrons. The van der Waals surface area contributed by atoms with Gasteiger partial charge in [0.1, 0.15) is 0 Å². The Balaban J connectivity index is 2.03. The zero-order valence-electron chi connectivity index (χ0n) is 11.4. The molecule has 1 atom stereocenters. The smallest absolute Gasteiger partial charge is 0.306 e. The third-order valence-electron chi connectivity index (χ3n) is 3.22. The molecule has 0 amide bonds. The van der Waals surface area contributed by atoms with Gasteiger partial charge in [-0.2, -0.15) is 13.2 Å². The van der Waals surface area contributed by atoms with Crippen molar-refractivity contribution in [2.24, 2.45) is 0 Å². The molecule has 0 aliphatic carbocycles. The quantitative estimate of drug-likeness (QED) is 0.780. The molecule has 0 saturated heterocycles. The molecular weight excluding hydrogens is 343 g/mol. The number of hydrogen-bond donors (Lipinski definition) is 1.